The number of carbonyl (C=O) groups excluding carboxylic acids is 1. The van der Waals surface area contributed by atoms with E-state index in [1.165, 1.54) is 24.3 Å². The Balaban J connectivity index is 2.00. The van der Waals surface area contributed by atoms with Crippen molar-refractivity contribution in [2.45, 2.75) is 37.5 Å². The van der Waals surface area contributed by atoms with Crippen LogP contribution in [-0.4, -0.2) is 37.6 Å². The van der Waals surface area contributed by atoms with Gasteiger partial charge in [-0.1, -0.05) is 34.6 Å². The van der Waals surface area contributed by atoms with Gasteiger partial charge in [0, 0.05) is 6.92 Å². The van der Waals surface area contributed by atoms with E-state index in [-0.39, 0.29) is 35.8 Å². The fraction of sp³-hybridized carbons (Fsp3) is 0.381. The molecule has 0 bridgehead atoms. The normalized spacial score (nSPS) is 14.4. The number of rotatable bonds is 11. The van der Waals surface area contributed by atoms with E-state index in [0.717, 1.165) is 31.2 Å². The number of halogens is 6. The zero-order valence-electron chi connectivity index (χ0n) is 17.9. The quantitative estimate of drug-likeness (QED) is 0.215. The fourth-order valence-corrected chi connectivity index (χ4v) is 2.84. The predicted molar refractivity (Wildman–Crippen MR) is 109 cm³/mol. The zero-order chi connectivity index (χ0) is 26.2. The molecule has 190 valence electrons. The van der Waals surface area contributed by atoms with Crippen molar-refractivity contribution in [2.75, 3.05) is 13.2 Å². The van der Waals surface area contributed by atoms with Crippen LogP contribution in [0.2, 0.25) is 0 Å². The van der Waals surface area contributed by atoms with Crippen LogP contribution in [0.3, 0.4) is 0 Å². The first-order valence-electron chi connectivity index (χ1n) is 9.76. The molecule has 35 heavy (non-hydrogen) atoms. The van der Waals surface area contributed by atoms with Crippen LogP contribution in [0.25, 0.3) is 0 Å². The highest BCUT2D eigenvalue weighted by Gasteiger charge is 2.43. The van der Waals surface area contributed by atoms with Crippen LogP contribution >= 0.6 is 0 Å². The lowest BCUT2D eigenvalue weighted by molar-refractivity contribution is -0.150. The van der Waals surface area contributed by atoms with Crippen LogP contribution in [0.15, 0.2) is 58.9 Å². The summed E-state index contributed by atoms with van der Waals surface area (Å²) in [5.74, 6) is -0.494. The van der Waals surface area contributed by atoms with Gasteiger partial charge in [0.05, 0.1) is 0 Å². The lowest BCUT2D eigenvalue weighted by Gasteiger charge is -2.19. The van der Waals surface area contributed by atoms with Crippen molar-refractivity contribution in [3.63, 3.8) is 0 Å². The van der Waals surface area contributed by atoms with Crippen molar-refractivity contribution >= 4 is 5.97 Å². The lowest BCUT2D eigenvalue weighted by Crippen LogP contribution is -2.30. The van der Waals surface area contributed by atoms with E-state index >= 15 is 0 Å². The molecule has 2 aromatic rings. The Morgan fingerprint density at radius 2 is 1.09 bits per heavy atom. The van der Waals surface area contributed by atoms with E-state index in [9.17, 15) is 41.0 Å². The monoisotopic (exact) mass is 508 g/mol. The molecule has 0 spiro atoms. The number of alkyl halides is 6. The van der Waals surface area contributed by atoms with E-state index < -0.39 is 36.5 Å². The van der Waals surface area contributed by atoms with Gasteiger partial charge in [-0.3, -0.25) is 4.79 Å². The summed E-state index contributed by atoms with van der Waals surface area (Å²) in [4.78, 5) is 32.4. The summed E-state index contributed by atoms with van der Waals surface area (Å²) >= 11 is 0. The van der Waals surface area contributed by atoms with Gasteiger partial charge in [0.25, 0.3) is 0 Å². The molecule has 2 unspecified atom stereocenters. The van der Waals surface area contributed by atoms with Crippen molar-refractivity contribution in [1.82, 2.24) is 0 Å². The second kappa shape index (κ2) is 11.6. The number of esters is 1. The topological polar surface area (TPSA) is 104 Å². The maximum Gasteiger partial charge on any atom is 0.418 e. The van der Waals surface area contributed by atoms with Crippen LogP contribution in [0.4, 0.5) is 26.3 Å². The fourth-order valence-electron chi connectivity index (χ4n) is 2.84. The van der Waals surface area contributed by atoms with Crippen molar-refractivity contribution in [1.29, 1.82) is 0 Å². The Bertz CT molecular complexity index is 922. The molecule has 0 heterocycles. The Labute approximate surface area is 194 Å². The molecule has 2 aromatic carbocycles. The molecule has 0 fully saturated rings. The highest BCUT2D eigenvalue weighted by molar-refractivity contribution is 5.66. The third-order valence-electron chi connectivity index (χ3n) is 4.43. The van der Waals surface area contributed by atoms with Crippen LogP contribution in [0, 0.1) is 9.81 Å². The summed E-state index contributed by atoms with van der Waals surface area (Å²) in [7, 11) is 0. The maximum atomic E-state index is 12.8. The largest absolute Gasteiger partial charge is 0.490 e. The lowest BCUT2D eigenvalue weighted by atomic mass is 10.1. The first-order valence-corrected chi connectivity index (χ1v) is 9.76. The number of ether oxygens (including phenoxy) is 3. The molecule has 0 aliphatic carbocycles. The molecule has 0 radical (unpaired) electrons. The molecular formula is C21H18F6N2O6. The smallest absolute Gasteiger partial charge is 0.418 e. The summed E-state index contributed by atoms with van der Waals surface area (Å²) in [6.07, 6.45) is -10.7. The number of carbonyl (C=O) groups is 1. The summed E-state index contributed by atoms with van der Waals surface area (Å²) in [6, 6.07) is 3.66. The Kier molecular flexibility index (Phi) is 9.14. The van der Waals surface area contributed by atoms with E-state index in [2.05, 4.69) is 10.4 Å². The Morgan fingerprint density at radius 3 is 1.34 bits per heavy atom. The van der Waals surface area contributed by atoms with Crippen LogP contribution in [0.1, 0.15) is 30.1 Å². The molecule has 8 nitrogen and oxygen atoms in total. The minimum absolute atomic E-state index is 0.0987. The number of hydrogen-bond donors (Lipinski definition) is 0. The van der Waals surface area contributed by atoms with Gasteiger partial charge >= 0.3 is 18.3 Å². The number of nitrogens with zero attached hydrogens (tertiary/aromatic N) is 2. The highest BCUT2D eigenvalue weighted by atomic mass is 19.4. The van der Waals surface area contributed by atoms with Crippen LogP contribution < -0.4 is 9.47 Å². The van der Waals surface area contributed by atoms with E-state index in [0.29, 0.717) is 0 Å². The van der Waals surface area contributed by atoms with Crippen molar-refractivity contribution in [3.8, 4) is 11.5 Å². The molecular weight excluding hydrogens is 490 g/mol. The Morgan fingerprint density at radius 1 is 0.743 bits per heavy atom. The SMILES string of the molecule is CC(=O)OC(COc1ccc(C(N=O)C(F)(F)F)cc1)COc1ccc(C(N=O)C(F)(F)F)cc1. The summed E-state index contributed by atoms with van der Waals surface area (Å²) in [6.45, 7) is 0.553. The molecule has 2 atom stereocenters. The van der Waals surface area contributed by atoms with Gasteiger partial charge in [0.2, 0.25) is 12.1 Å². The van der Waals surface area contributed by atoms with Crippen molar-refractivity contribution < 1.29 is 45.3 Å². The maximum absolute atomic E-state index is 12.8. The number of nitroso groups, excluding NO2 is 2. The zero-order valence-corrected chi connectivity index (χ0v) is 17.9. The Hall–Kier alpha value is -3.71. The molecule has 0 saturated carbocycles. The molecule has 0 N–H and O–H groups in total. The third-order valence-corrected chi connectivity index (χ3v) is 4.43. The van der Waals surface area contributed by atoms with E-state index in [4.69, 9.17) is 14.2 Å². The summed E-state index contributed by atoms with van der Waals surface area (Å²) in [5, 5.41) is 4.17. The van der Waals surface area contributed by atoms with Crippen molar-refractivity contribution in [3.05, 3.63) is 69.5 Å². The average molecular weight is 508 g/mol. The van der Waals surface area contributed by atoms with Gasteiger partial charge in [0.15, 0.2) is 6.10 Å². The van der Waals surface area contributed by atoms with Gasteiger partial charge in [-0.05, 0) is 35.4 Å². The van der Waals surface area contributed by atoms with E-state index in [1.54, 1.807) is 0 Å². The van der Waals surface area contributed by atoms with Crippen LogP contribution in [-0.2, 0) is 9.53 Å². The molecule has 14 heteroatoms. The highest BCUT2D eigenvalue weighted by Crippen LogP contribution is 2.37. The van der Waals surface area contributed by atoms with Gasteiger partial charge < -0.3 is 14.2 Å². The first kappa shape index (κ1) is 27.5. The molecule has 0 aliphatic heterocycles. The molecule has 0 saturated heterocycles. The minimum atomic E-state index is -4.85. The molecule has 0 aromatic heterocycles. The second-order valence-electron chi connectivity index (χ2n) is 7.09. The molecule has 0 amide bonds. The predicted octanol–water partition coefficient (Wildman–Crippen LogP) is 5.82. The standard InChI is InChI=1S/C21H18F6N2O6/c1-12(30)35-17(10-33-15-6-2-13(3-7-15)18(28-31)20(22,23)24)11-34-16-8-4-14(5-9-16)19(29-32)21(25,26)27/h2-9,17-19H,10-11H2,1H3. The first-order chi connectivity index (χ1) is 16.3. The molecule has 2 rings (SSSR count). The second-order valence-corrected chi connectivity index (χ2v) is 7.09. The van der Waals surface area contributed by atoms with E-state index in [1.807, 2.05) is 0 Å². The van der Waals surface area contributed by atoms with Gasteiger partial charge in [0.1, 0.15) is 24.7 Å². The van der Waals surface area contributed by atoms with Gasteiger partial charge in [-0.15, -0.1) is 9.81 Å². The van der Waals surface area contributed by atoms with Gasteiger partial charge in [-0.2, -0.15) is 26.3 Å². The summed E-state index contributed by atoms with van der Waals surface area (Å²) < 4.78 is 92.5. The van der Waals surface area contributed by atoms with Gasteiger partial charge in [-0.25, -0.2) is 0 Å². The molecule has 0 aliphatic rings. The van der Waals surface area contributed by atoms with Crippen molar-refractivity contribution in [2.24, 2.45) is 10.4 Å². The van der Waals surface area contributed by atoms with Crippen LogP contribution in [0.5, 0.6) is 11.5 Å². The number of benzene rings is 2. The third kappa shape index (κ3) is 8.22. The average Bonchev–Trinajstić information content (AvgIpc) is 2.76. The minimum Gasteiger partial charge on any atom is -0.490 e. The number of hydrogen-bond acceptors (Lipinski definition) is 8. The summed E-state index contributed by atoms with van der Waals surface area (Å²) in [5.41, 5.74) is -0.776.